The van der Waals surface area contributed by atoms with Gasteiger partial charge in [-0.05, 0) is 12.1 Å². The van der Waals surface area contributed by atoms with Crippen LogP contribution in [0.15, 0.2) is 18.7 Å². The van der Waals surface area contributed by atoms with E-state index in [0.717, 1.165) is 0 Å². The summed E-state index contributed by atoms with van der Waals surface area (Å²) >= 11 is 11.3. The van der Waals surface area contributed by atoms with Gasteiger partial charge in [0.15, 0.2) is 0 Å². The summed E-state index contributed by atoms with van der Waals surface area (Å²) in [6.07, 6.45) is 0. The molecule has 0 radical (unpaired) electrons. The predicted molar refractivity (Wildman–Crippen MR) is 52.5 cm³/mol. The Bertz CT molecular complexity index is 350. The molecule has 0 fully saturated rings. The van der Waals surface area contributed by atoms with Gasteiger partial charge in [-0.1, -0.05) is 29.8 Å². The Morgan fingerprint density at radius 1 is 1.38 bits per heavy atom. The largest absolute Gasteiger partial charge is 0.497 e. The summed E-state index contributed by atoms with van der Waals surface area (Å²) < 4.78 is 17.8. The van der Waals surface area contributed by atoms with E-state index in [0.29, 0.717) is 16.3 Å². The topological polar surface area (TPSA) is 9.23 Å². The van der Waals surface area contributed by atoms with E-state index in [9.17, 15) is 4.39 Å². The van der Waals surface area contributed by atoms with E-state index < -0.39 is 5.82 Å². The van der Waals surface area contributed by atoms with Crippen LogP contribution in [0, 0.1) is 5.82 Å². The fraction of sp³-hybridized carbons (Fsp3) is 0.111. The zero-order valence-corrected chi connectivity index (χ0v) is 8.42. The molecule has 0 bridgehead atoms. The first-order chi connectivity index (χ1) is 6.06. The van der Waals surface area contributed by atoms with Crippen LogP contribution in [-0.4, -0.2) is 7.11 Å². The van der Waals surface area contributed by atoms with Crippen molar-refractivity contribution in [1.82, 2.24) is 0 Å². The number of hydrogen-bond acceptors (Lipinski definition) is 1. The first kappa shape index (κ1) is 10.4. The molecule has 1 aromatic carbocycles. The van der Waals surface area contributed by atoms with Crippen LogP contribution in [0.4, 0.5) is 4.39 Å². The number of hydrogen-bond donors (Lipinski definition) is 0. The Labute approximate surface area is 85.7 Å². The number of ether oxygens (including phenoxy) is 1. The summed E-state index contributed by atoms with van der Waals surface area (Å²) in [6, 6.07) is 2.51. The van der Waals surface area contributed by atoms with Crippen molar-refractivity contribution in [2.45, 2.75) is 0 Å². The van der Waals surface area contributed by atoms with Crippen molar-refractivity contribution < 1.29 is 9.13 Å². The Kier molecular flexibility index (Phi) is 3.17. The third kappa shape index (κ3) is 2.14. The monoisotopic (exact) mass is 220 g/mol. The highest BCUT2D eigenvalue weighted by atomic mass is 35.5. The van der Waals surface area contributed by atoms with E-state index in [4.69, 9.17) is 27.9 Å². The minimum atomic E-state index is -0.542. The fourth-order valence-corrected chi connectivity index (χ4v) is 1.33. The van der Waals surface area contributed by atoms with Gasteiger partial charge in [-0.15, -0.1) is 0 Å². The lowest BCUT2D eigenvalue weighted by Crippen LogP contribution is -1.89. The molecular weight excluding hydrogens is 214 g/mol. The van der Waals surface area contributed by atoms with Crippen LogP contribution in [0.2, 0.25) is 10.0 Å². The maximum Gasteiger partial charge on any atom is 0.142 e. The van der Waals surface area contributed by atoms with Crippen LogP contribution in [0.25, 0.3) is 5.76 Å². The zero-order chi connectivity index (χ0) is 10.0. The third-order valence-electron chi connectivity index (χ3n) is 1.56. The molecule has 0 atom stereocenters. The third-order valence-corrected chi connectivity index (χ3v) is 2.16. The highest BCUT2D eigenvalue weighted by molar-refractivity contribution is 6.35. The number of methoxy groups -OCH3 is 1. The number of rotatable bonds is 2. The second-order valence-corrected chi connectivity index (χ2v) is 3.19. The van der Waals surface area contributed by atoms with Gasteiger partial charge in [-0.25, -0.2) is 4.39 Å². The number of benzene rings is 1. The average molecular weight is 221 g/mol. The normalized spacial score (nSPS) is 9.85. The first-order valence-electron chi connectivity index (χ1n) is 3.44. The molecule has 1 aromatic rings. The molecule has 70 valence electrons. The quantitative estimate of drug-likeness (QED) is 0.545. The van der Waals surface area contributed by atoms with E-state index in [-0.39, 0.29) is 5.02 Å². The van der Waals surface area contributed by atoms with Crippen molar-refractivity contribution in [2.24, 2.45) is 0 Å². The SMILES string of the molecule is C=C(OC)c1cc(F)c(Cl)cc1Cl. The molecule has 0 spiro atoms. The van der Waals surface area contributed by atoms with Gasteiger partial charge in [-0.2, -0.15) is 0 Å². The van der Waals surface area contributed by atoms with Crippen LogP contribution in [0.1, 0.15) is 5.56 Å². The Balaban J connectivity index is 3.23. The molecule has 1 nitrogen and oxygen atoms in total. The van der Waals surface area contributed by atoms with E-state index in [2.05, 4.69) is 6.58 Å². The summed E-state index contributed by atoms with van der Waals surface area (Å²) in [6.45, 7) is 3.56. The van der Waals surface area contributed by atoms with Gasteiger partial charge in [0, 0.05) is 5.56 Å². The van der Waals surface area contributed by atoms with E-state index in [1.165, 1.54) is 19.2 Å². The Morgan fingerprint density at radius 3 is 2.54 bits per heavy atom. The van der Waals surface area contributed by atoms with Crippen LogP contribution < -0.4 is 0 Å². The summed E-state index contributed by atoms with van der Waals surface area (Å²) in [4.78, 5) is 0. The fourth-order valence-electron chi connectivity index (χ4n) is 0.846. The van der Waals surface area contributed by atoms with Crippen molar-refractivity contribution in [3.05, 3.63) is 40.1 Å². The second kappa shape index (κ2) is 3.99. The molecule has 0 aliphatic rings. The molecular formula is C9H7Cl2FO. The van der Waals surface area contributed by atoms with Gasteiger partial charge in [0.1, 0.15) is 11.6 Å². The maximum absolute atomic E-state index is 13.0. The van der Waals surface area contributed by atoms with Crippen molar-refractivity contribution in [1.29, 1.82) is 0 Å². The Hall–Kier alpha value is -0.730. The summed E-state index contributed by atoms with van der Waals surface area (Å²) in [7, 11) is 1.44. The van der Waals surface area contributed by atoms with Gasteiger partial charge < -0.3 is 4.74 Å². The standard InChI is InChI=1S/C9H7Cl2FO/c1-5(13-2)6-3-9(12)8(11)4-7(6)10/h3-4H,1H2,2H3. The zero-order valence-electron chi connectivity index (χ0n) is 6.90. The van der Waals surface area contributed by atoms with Gasteiger partial charge in [0.25, 0.3) is 0 Å². The van der Waals surface area contributed by atoms with Crippen LogP contribution in [0.3, 0.4) is 0 Å². The minimum Gasteiger partial charge on any atom is -0.497 e. The molecule has 0 amide bonds. The second-order valence-electron chi connectivity index (χ2n) is 2.37. The van der Waals surface area contributed by atoms with Crippen LogP contribution in [0.5, 0.6) is 0 Å². The van der Waals surface area contributed by atoms with E-state index >= 15 is 0 Å². The molecule has 0 aliphatic heterocycles. The van der Waals surface area contributed by atoms with E-state index in [1.807, 2.05) is 0 Å². The molecule has 1 rings (SSSR count). The lowest BCUT2D eigenvalue weighted by atomic mass is 10.2. The van der Waals surface area contributed by atoms with Gasteiger partial charge in [-0.3, -0.25) is 0 Å². The minimum absolute atomic E-state index is 0.0161. The summed E-state index contributed by atoms with van der Waals surface area (Å²) in [5.41, 5.74) is 0.408. The average Bonchev–Trinajstić information content (AvgIpc) is 2.10. The van der Waals surface area contributed by atoms with Crippen molar-refractivity contribution >= 4 is 29.0 Å². The van der Waals surface area contributed by atoms with E-state index in [1.54, 1.807) is 0 Å². The Morgan fingerprint density at radius 2 is 2.00 bits per heavy atom. The molecule has 0 saturated carbocycles. The summed E-state index contributed by atoms with van der Waals surface area (Å²) in [5.74, 6) is -0.236. The first-order valence-corrected chi connectivity index (χ1v) is 4.19. The maximum atomic E-state index is 13.0. The molecule has 0 saturated heterocycles. The molecule has 0 heterocycles. The predicted octanol–water partition coefficient (Wildman–Crippen LogP) is 3.75. The highest BCUT2D eigenvalue weighted by Crippen LogP contribution is 2.28. The van der Waals surface area contributed by atoms with Crippen LogP contribution >= 0.6 is 23.2 Å². The highest BCUT2D eigenvalue weighted by Gasteiger charge is 2.09. The smallest absolute Gasteiger partial charge is 0.142 e. The van der Waals surface area contributed by atoms with Gasteiger partial charge >= 0.3 is 0 Å². The molecule has 0 aliphatic carbocycles. The lowest BCUT2D eigenvalue weighted by molar-refractivity contribution is 0.371. The molecule has 13 heavy (non-hydrogen) atoms. The number of halogens is 3. The van der Waals surface area contributed by atoms with Gasteiger partial charge in [0.2, 0.25) is 0 Å². The van der Waals surface area contributed by atoms with Gasteiger partial charge in [0.05, 0.1) is 17.2 Å². The molecule has 0 N–H and O–H groups in total. The van der Waals surface area contributed by atoms with Crippen molar-refractivity contribution in [2.75, 3.05) is 7.11 Å². The molecule has 0 unspecified atom stereocenters. The summed E-state index contributed by atoms with van der Waals surface area (Å²) in [5, 5.41) is 0.302. The molecule has 0 aromatic heterocycles. The van der Waals surface area contributed by atoms with Crippen molar-refractivity contribution in [3.8, 4) is 0 Å². The van der Waals surface area contributed by atoms with Crippen LogP contribution in [-0.2, 0) is 4.74 Å². The lowest BCUT2D eigenvalue weighted by Gasteiger charge is -2.07. The van der Waals surface area contributed by atoms with Crippen molar-refractivity contribution in [3.63, 3.8) is 0 Å². The molecule has 4 heteroatoms.